The molecule has 0 fully saturated rings. The number of hydrogen-bond acceptors (Lipinski definition) is 4. The molecule has 0 aliphatic rings. The molecular weight excluding hydrogens is 230 g/mol. The van der Waals surface area contributed by atoms with Gasteiger partial charge in [0.15, 0.2) is 0 Å². The number of aliphatic hydroxyl groups excluding tert-OH is 1. The maximum absolute atomic E-state index is 8.64. The maximum Gasteiger partial charge on any atom is 0.0945 e. The molecule has 1 heterocycles. The molecule has 1 aromatic heterocycles. The van der Waals surface area contributed by atoms with Gasteiger partial charge >= 0.3 is 0 Å². The molecule has 0 spiro atoms. The van der Waals surface area contributed by atoms with Gasteiger partial charge in [0.05, 0.1) is 26.1 Å². The molecule has 0 bridgehead atoms. The zero-order valence-corrected chi connectivity index (χ0v) is 11.5. The lowest BCUT2D eigenvalue weighted by molar-refractivity contribution is 0.0662. The van der Waals surface area contributed by atoms with Crippen LogP contribution in [-0.2, 0) is 11.3 Å². The molecule has 18 heavy (non-hydrogen) atoms. The van der Waals surface area contributed by atoms with Crippen molar-refractivity contribution in [1.29, 1.82) is 0 Å². The molecule has 0 aliphatic heterocycles. The van der Waals surface area contributed by atoms with Gasteiger partial charge in [-0.15, -0.1) is 0 Å². The summed E-state index contributed by atoms with van der Waals surface area (Å²) in [5.41, 5.74) is 0. The van der Waals surface area contributed by atoms with Gasteiger partial charge in [0, 0.05) is 38.1 Å². The maximum atomic E-state index is 8.64. The third-order valence-electron chi connectivity index (χ3n) is 2.91. The fraction of sp³-hybridized carbons (Fsp3) is 0.769. The predicted octanol–water partition coefficient (Wildman–Crippen LogP) is 0.993. The first-order valence-corrected chi connectivity index (χ1v) is 6.62. The van der Waals surface area contributed by atoms with E-state index in [1.165, 1.54) is 0 Å². The highest BCUT2D eigenvalue weighted by molar-refractivity contribution is 4.74. The van der Waals surface area contributed by atoms with Gasteiger partial charge in [-0.3, -0.25) is 4.90 Å². The molecular formula is C13H25N3O2. The van der Waals surface area contributed by atoms with Crippen LogP contribution >= 0.6 is 0 Å². The first-order valence-electron chi connectivity index (χ1n) is 6.62. The third kappa shape index (κ3) is 6.14. The fourth-order valence-electron chi connectivity index (χ4n) is 1.85. The molecule has 1 rings (SSSR count). The van der Waals surface area contributed by atoms with Crippen molar-refractivity contribution in [2.45, 2.75) is 32.9 Å². The van der Waals surface area contributed by atoms with Crippen molar-refractivity contribution in [2.24, 2.45) is 0 Å². The van der Waals surface area contributed by atoms with Gasteiger partial charge in [-0.25, -0.2) is 4.98 Å². The molecule has 0 unspecified atom stereocenters. The van der Waals surface area contributed by atoms with Crippen LogP contribution in [0.3, 0.4) is 0 Å². The number of nitrogens with zero attached hydrogens (tertiary/aromatic N) is 3. The van der Waals surface area contributed by atoms with E-state index in [4.69, 9.17) is 9.84 Å². The molecule has 1 aromatic rings. The monoisotopic (exact) mass is 255 g/mol. The summed E-state index contributed by atoms with van der Waals surface area (Å²) in [6.45, 7) is 8.58. The van der Waals surface area contributed by atoms with Crippen LogP contribution in [0.25, 0.3) is 0 Å². The van der Waals surface area contributed by atoms with Gasteiger partial charge in [-0.2, -0.15) is 0 Å². The van der Waals surface area contributed by atoms with Crippen molar-refractivity contribution in [3.05, 3.63) is 18.7 Å². The Kier molecular flexibility index (Phi) is 7.64. The van der Waals surface area contributed by atoms with Crippen LogP contribution in [0.1, 0.15) is 20.3 Å². The molecule has 5 nitrogen and oxygen atoms in total. The van der Waals surface area contributed by atoms with Gasteiger partial charge in [0.1, 0.15) is 0 Å². The highest BCUT2D eigenvalue weighted by atomic mass is 16.5. The summed E-state index contributed by atoms with van der Waals surface area (Å²) in [6, 6.07) is 0.519. The summed E-state index contributed by atoms with van der Waals surface area (Å²) in [7, 11) is 0. The zero-order valence-electron chi connectivity index (χ0n) is 11.5. The fourth-order valence-corrected chi connectivity index (χ4v) is 1.85. The van der Waals surface area contributed by atoms with Crippen LogP contribution in [0.4, 0.5) is 0 Å². The number of aryl methyl sites for hydroxylation is 1. The molecule has 0 saturated carbocycles. The van der Waals surface area contributed by atoms with Crippen LogP contribution in [0, 0.1) is 0 Å². The Hall–Kier alpha value is -0.910. The number of rotatable bonds is 10. The third-order valence-corrected chi connectivity index (χ3v) is 2.91. The quantitative estimate of drug-likeness (QED) is 0.634. The van der Waals surface area contributed by atoms with Crippen molar-refractivity contribution in [3.8, 4) is 0 Å². The van der Waals surface area contributed by atoms with Gasteiger partial charge < -0.3 is 14.4 Å². The largest absolute Gasteiger partial charge is 0.394 e. The average molecular weight is 255 g/mol. The Labute approximate surface area is 109 Å². The number of hydrogen-bond donors (Lipinski definition) is 1. The smallest absolute Gasteiger partial charge is 0.0945 e. The first kappa shape index (κ1) is 15.1. The normalized spacial score (nSPS) is 11.6. The van der Waals surface area contributed by atoms with Gasteiger partial charge in [0.2, 0.25) is 0 Å². The van der Waals surface area contributed by atoms with Gasteiger partial charge in [-0.05, 0) is 20.3 Å². The summed E-state index contributed by atoms with van der Waals surface area (Å²) in [5.74, 6) is 0. The van der Waals surface area contributed by atoms with E-state index in [1.807, 2.05) is 18.7 Å². The van der Waals surface area contributed by atoms with Crippen molar-refractivity contribution in [2.75, 3.05) is 32.9 Å². The molecule has 0 aliphatic carbocycles. The number of ether oxygens (including phenoxy) is 1. The Bertz CT molecular complexity index is 288. The topological polar surface area (TPSA) is 50.5 Å². The summed E-state index contributed by atoms with van der Waals surface area (Å²) in [4.78, 5) is 6.43. The van der Waals surface area contributed by atoms with Crippen molar-refractivity contribution in [3.63, 3.8) is 0 Å². The average Bonchev–Trinajstić information content (AvgIpc) is 2.85. The Morgan fingerprint density at radius 1 is 1.33 bits per heavy atom. The highest BCUT2D eigenvalue weighted by Crippen LogP contribution is 2.01. The van der Waals surface area contributed by atoms with E-state index in [0.717, 1.165) is 26.1 Å². The SMILES string of the molecule is CC(C)N(CCCn1ccnc1)CCOCCO. The van der Waals surface area contributed by atoms with Gasteiger partial charge in [0.25, 0.3) is 0 Å². The van der Waals surface area contributed by atoms with E-state index in [2.05, 4.69) is 28.3 Å². The van der Waals surface area contributed by atoms with E-state index in [-0.39, 0.29) is 6.61 Å². The minimum Gasteiger partial charge on any atom is -0.394 e. The van der Waals surface area contributed by atoms with Crippen molar-refractivity contribution >= 4 is 0 Å². The Morgan fingerprint density at radius 3 is 2.78 bits per heavy atom. The highest BCUT2D eigenvalue weighted by Gasteiger charge is 2.08. The van der Waals surface area contributed by atoms with E-state index in [0.29, 0.717) is 19.3 Å². The van der Waals surface area contributed by atoms with E-state index < -0.39 is 0 Å². The second kappa shape index (κ2) is 9.08. The predicted molar refractivity (Wildman–Crippen MR) is 71.5 cm³/mol. The van der Waals surface area contributed by atoms with Crippen molar-refractivity contribution in [1.82, 2.24) is 14.5 Å². The standard InChI is InChI=1S/C13H25N3O2/c1-13(2)16(8-10-18-11-9-17)6-3-5-15-7-4-14-12-15/h4,7,12-13,17H,3,5-6,8-11H2,1-2H3. The molecule has 0 saturated heterocycles. The Morgan fingerprint density at radius 2 is 2.17 bits per heavy atom. The number of aromatic nitrogens is 2. The summed E-state index contributed by atoms with van der Waals surface area (Å²) in [6.07, 6.45) is 6.76. The molecule has 0 aromatic carbocycles. The van der Waals surface area contributed by atoms with Gasteiger partial charge in [-0.1, -0.05) is 0 Å². The minimum absolute atomic E-state index is 0.0995. The van der Waals surface area contributed by atoms with Crippen molar-refractivity contribution < 1.29 is 9.84 Å². The van der Waals surface area contributed by atoms with Crippen LogP contribution in [-0.4, -0.2) is 58.5 Å². The second-order valence-corrected chi connectivity index (χ2v) is 4.62. The lowest BCUT2D eigenvalue weighted by atomic mass is 10.3. The number of aliphatic hydroxyl groups is 1. The molecule has 0 radical (unpaired) electrons. The summed E-state index contributed by atoms with van der Waals surface area (Å²) in [5, 5.41) is 8.64. The Balaban J connectivity index is 2.16. The second-order valence-electron chi connectivity index (χ2n) is 4.62. The minimum atomic E-state index is 0.0995. The van der Waals surface area contributed by atoms with E-state index in [1.54, 1.807) is 0 Å². The molecule has 0 atom stereocenters. The van der Waals surface area contributed by atoms with Crippen LogP contribution in [0.2, 0.25) is 0 Å². The lowest BCUT2D eigenvalue weighted by Crippen LogP contribution is -2.35. The van der Waals surface area contributed by atoms with E-state index >= 15 is 0 Å². The molecule has 104 valence electrons. The number of imidazole rings is 1. The van der Waals surface area contributed by atoms with Crippen LogP contribution < -0.4 is 0 Å². The zero-order chi connectivity index (χ0) is 13.2. The van der Waals surface area contributed by atoms with E-state index in [9.17, 15) is 0 Å². The summed E-state index contributed by atoms with van der Waals surface area (Å²) >= 11 is 0. The lowest BCUT2D eigenvalue weighted by Gasteiger charge is -2.26. The first-order chi connectivity index (χ1) is 8.74. The molecule has 1 N–H and O–H groups in total. The van der Waals surface area contributed by atoms with Crippen LogP contribution in [0.15, 0.2) is 18.7 Å². The van der Waals surface area contributed by atoms with Crippen LogP contribution in [0.5, 0.6) is 0 Å². The molecule has 5 heteroatoms. The molecule has 0 amide bonds. The summed E-state index contributed by atoms with van der Waals surface area (Å²) < 4.78 is 7.41.